The van der Waals surface area contributed by atoms with Crippen molar-refractivity contribution in [3.05, 3.63) is 0 Å². The van der Waals surface area contributed by atoms with Crippen molar-refractivity contribution in [2.75, 3.05) is 39.0 Å². The van der Waals surface area contributed by atoms with Crippen LogP contribution in [0, 0.1) is 5.92 Å². The van der Waals surface area contributed by atoms with Gasteiger partial charge in [-0.05, 0) is 50.8 Å². The van der Waals surface area contributed by atoms with Gasteiger partial charge in [-0.1, -0.05) is 0 Å². The summed E-state index contributed by atoms with van der Waals surface area (Å²) in [7, 11) is 0. The number of nitrogens with one attached hydrogen (secondary N) is 1. The van der Waals surface area contributed by atoms with E-state index in [4.69, 9.17) is 0 Å². The SMILES string of the molecule is CSC1CCC(CCN2CCNCC2)CC1. The number of hydrogen-bond acceptors (Lipinski definition) is 3. The van der Waals surface area contributed by atoms with Crippen LogP contribution < -0.4 is 5.32 Å². The van der Waals surface area contributed by atoms with Gasteiger partial charge >= 0.3 is 0 Å². The Kier molecular flexibility index (Phi) is 5.46. The van der Waals surface area contributed by atoms with Gasteiger partial charge in [-0.2, -0.15) is 11.8 Å². The fourth-order valence-corrected chi connectivity index (χ4v) is 3.70. The highest BCUT2D eigenvalue weighted by Crippen LogP contribution is 2.32. The smallest absolute Gasteiger partial charge is 0.0107 e. The fourth-order valence-electron chi connectivity index (χ4n) is 2.96. The van der Waals surface area contributed by atoms with E-state index in [2.05, 4.69) is 28.2 Å². The average molecular weight is 242 g/mol. The molecule has 1 saturated carbocycles. The van der Waals surface area contributed by atoms with Gasteiger partial charge in [0.25, 0.3) is 0 Å². The molecule has 94 valence electrons. The highest BCUT2D eigenvalue weighted by Gasteiger charge is 2.21. The zero-order valence-corrected chi connectivity index (χ0v) is 11.4. The first-order chi connectivity index (χ1) is 7.88. The van der Waals surface area contributed by atoms with Crippen LogP contribution >= 0.6 is 11.8 Å². The predicted octanol–water partition coefficient (Wildman–Crippen LogP) is 2.20. The normalized spacial score (nSPS) is 32.8. The largest absolute Gasteiger partial charge is 0.314 e. The van der Waals surface area contributed by atoms with Gasteiger partial charge in [-0.25, -0.2) is 0 Å². The Bertz CT molecular complexity index is 184. The van der Waals surface area contributed by atoms with Crippen LogP contribution in [0.4, 0.5) is 0 Å². The lowest BCUT2D eigenvalue weighted by Gasteiger charge is -2.31. The summed E-state index contributed by atoms with van der Waals surface area (Å²) in [4.78, 5) is 2.64. The van der Waals surface area contributed by atoms with Gasteiger partial charge < -0.3 is 10.2 Å². The van der Waals surface area contributed by atoms with E-state index in [9.17, 15) is 0 Å². The molecule has 1 aliphatic heterocycles. The van der Waals surface area contributed by atoms with Crippen LogP contribution in [-0.2, 0) is 0 Å². The molecule has 2 rings (SSSR count). The molecule has 0 amide bonds. The maximum absolute atomic E-state index is 3.42. The Balaban J connectivity index is 1.59. The van der Waals surface area contributed by atoms with E-state index in [0.717, 1.165) is 11.2 Å². The molecule has 0 aromatic heterocycles. The minimum absolute atomic E-state index is 0.968. The van der Waals surface area contributed by atoms with E-state index in [-0.39, 0.29) is 0 Å². The summed E-state index contributed by atoms with van der Waals surface area (Å²) in [6.07, 6.45) is 9.61. The van der Waals surface area contributed by atoms with Gasteiger partial charge in [0.2, 0.25) is 0 Å². The van der Waals surface area contributed by atoms with E-state index in [1.165, 1.54) is 64.8 Å². The lowest BCUT2D eigenvalue weighted by atomic mass is 9.86. The Morgan fingerprint density at radius 2 is 1.81 bits per heavy atom. The minimum atomic E-state index is 0.968. The van der Waals surface area contributed by atoms with E-state index in [0.29, 0.717) is 0 Å². The van der Waals surface area contributed by atoms with Crippen LogP contribution in [0.2, 0.25) is 0 Å². The fraction of sp³-hybridized carbons (Fsp3) is 1.00. The van der Waals surface area contributed by atoms with Crippen LogP contribution in [0.3, 0.4) is 0 Å². The molecule has 3 heteroatoms. The Hall–Kier alpha value is 0.270. The van der Waals surface area contributed by atoms with E-state index in [1.54, 1.807) is 0 Å². The van der Waals surface area contributed by atoms with Crippen molar-refractivity contribution >= 4 is 11.8 Å². The van der Waals surface area contributed by atoms with Crippen LogP contribution in [0.25, 0.3) is 0 Å². The molecule has 0 radical (unpaired) electrons. The monoisotopic (exact) mass is 242 g/mol. The molecule has 0 unspecified atom stereocenters. The highest BCUT2D eigenvalue weighted by atomic mass is 32.2. The second kappa shape index (κ2) is 6.87. The molecule has 1 N–H and O–H groups in total. The molecule has 0 aromatic carbocycles. The summed E-state index contributed by atoms with van der Waals surface area (Å²) in [6, 6.07) is 0. The van der Waals surface area contributed by atoms with Gasteiger partial charge in [0.1, 0.15) is 0 Å². The summed E-state index contributed by atoms with van der Waals surface area (Å²) in [5.74, 6) is 1.03. The number of hydrogen-bond donors (Lipinski definition) is 1. The average Bonchev–Trinajstić information content (AvgIpc) is 2.38. The molecule has 0 bridgehead atoms. The molecule has 0 aromatic rings. The molecule has 0 spiro atoms. The maximum atomic E-state index is 3.42. The van der Waals surface area contributed by atoms with Crippen molar-refractivity contribution in [2.24, 2.45) is 5.92 Å². The summed E-state index contributed by atoms with van der Waals surface area (Å²) in [6.45, 7) is 6.26. The van der Waals surface area contributed by atoms with Crippen molar-refractivity contribution in [1.29, 1.82) is 0 Å². The maximum Gasteiger partial charge on any atom is 0.0107 e. The Labute approximate surface area is 105 Å². The third-order valence-corrected chi connectivity index (χ3v) is 5.33. The second-order valence-corrected chi connectivity index (χ2v) is 6.40. The topological polar surface area (TPSA) is 15.3 Å². The van der Waals surface area contributed by atoms with E-state index >= 15 is 0 Å². The molecule has 0 atom stereocenters. The molecule has 16 heavy (non-hydrogen) atoms. The van der Waals surface area contributed by atoms with Crippen LogP contribution in [0.5, 0.6) is 0 Å². The molecule has 2 aliphatic rings. The third kappa shape index (κ3) is 3.94. The summed E-state index contributed by atoms with van der Waals surface area (Å²) in [5, 5.41) is 4.39. The first-order valence-corrected chi connectivity index (χ1v) is 8.13. The minimum Gasteiger partial charge on any atom is -0.314 e. The predicted molar refractivity (Wildman–Crippen MR) is 73.2 cm³/mol. The van der Waals surface area contributed by atoms with Crippen LogP contribution in [0.1, 0.15) is 32.1 Å². The van der Waals surface area contributed by atoms with Gasteiger partial charge in [0.05, 0.1) is 0 Å². The van der Waals surface area contributed by atoms with Crippen molar-refractivity contribution in [3.63, 3.8) is 0 Å². The van der Waals surface area contributed by atoms with Gasteiger partial charge in [-0.3, -0.25) is 0 Å². The highest BCUT2D eigenvalue weighted by molar-refractivity contribution is 7.99. The third-order valence-electron chi connectivity index (χ3n) is 4.19. The summed E-state index contributed by atoms with van der Waals surface area (Å²) < 4.78 is 0. The number of piperazine rings is 1. The van der Waals surface area contributed by atoms with Crippen LogP contribution in [-0.4, -0.2) is 49.1 Å². The van der Waals surface area contributed by atoms with E-state index in [1.807, 2.05) is 0 Å². The van der Waals surface area contributed by atoms with Gasteiger partial charge in [0.15, 0.2) is 0 Å². The lowest BCUT2D eigenvalue weighted by molar-refractivity contribution is 0.211. The molecule has 1 saturated heterocycles. The molecule has 1 aliphatic carbocycles. The van der Waals surface area contributed by atoms with Crippen LogP contribution in [0.15, 0.2) is 0 Å². The summed E-state index contributed by atoms with van der Waals surface area (Å²) >= 11 is 2.08. The molecular weight excluding hydrogens is 216 g/mol. The zero-order chi connectivity index (χ0) is 11.2. The number of thioether (sulfide) groups is 1. The van der Waals surface area contributed by atoms with E-state index < -0.39 is 0 Å². The van der Waals surface area contributed by atoms with Crippen molar-refractivity contribution in [2.45, 2.75) is 37.4 Å². The van der Waals surface area contributed by atoms with Crippen molar-refractivity contribution < 1.29 is 0 Å². The lowest BCUT2D eigenvalue weighted by Crippen LogP contribution is -2.44. The van der Waals surface area contributed by atoms with Gasteiger partial charge in [0, 0.05) is 31.4 Å². The number of nitrogens with zero attached hydrogens (tertiary/aromatic N) is 1. The zero-order valence-electron chi connectivity index (χ0n) is 10.6. The molecule has 1 heterocycles. The quantitative estimate of drug-likeness (QED) is 0.814. The molecule has 2 nitrogen and oxygen atoms in total. The molecular formula is C13H26N2S. The van der Waals surface area contributed by atoms with Gasteiger partial charge in [-0.15, -0.1) is 0 Å². The first-order valence-electron chi connectivity index (χ1n) is 6.84. The summed E-state index contributed by atoms with van der Waals surface area (Å²) in [5.41, 5.74) is 0. The second-order valence-electron chi connectivity index (χ2n) is 5.26. The number of rotatable bonds is 4. The van der Waals surface area contributed by atoms with Crippen molar-refractivity contribution in [3.8, 4) is 0 Å². The Morgan fingerprint density at radius 1 is 1.12 bits per heavy atom. The van der Waals surface area contributed by atoms with Crippen molar-refractivity contribution in [1.82, 2.24) is 10.2 Å². The first kappa shape index (κ1) is 12.7. The Morgan fingerprint density at radius 3 is 2.44 bits per heavy atom. The molecule has 2 fully saturated rings. The standard InChI is InChI=1S/C13H26N2S/c1-16-13-4-2-12(3-5-13)6-9-15-10-7-14-8-11-15/h12-14H,2-11H2,1H3.